The number of carbonyl (C=O) groups is 1. The van der Waals surface area contributed by atoms with E-state index in [-0.39, 0.29) is 0 Å². The van der Waals surface area contributed by atoms with E-state index in [1.54, 1.807) is 13.3 Å². The Kier molecular flexibility index (Phi) is 2.16. The summed E-state index contributed by atoms with van der Waals surface area (Å²) in [4.78, 5) is 15.6. The summed E-state index contributed by atoms with van der Waals surface area (Å²) >= 11 is 0. The predicted molar refractivity (Wildman–Crippen MR) is 66.6 cm³/mol. The van der Waals surface area contributed by atoms with Crippen molar-refractivity contribution in [3.8, 4) is 5.75 Å². The van der Waals surface area contributed by atoms with Gasteiger partial charge in [0.05, 0.1) is 18.8 Å². The lowest BCUT2D eigenvalue weighted by molar-refractivity contribution is 0.248. The third-order valence-electron chi connectivity index (χ3n) is 2.75. The summed E-state index contributed by atoms with van der Waals surface area (Å²) in [6, 6.07) is 6.76. The molecule has 0 spiro atoms. The third kappa shape index (κ3) is 1.46. The molecule has 0 saturated carbocycles. The van der Waals surface area contributed by atoms with Gasteiger partial charge in [-0.25, -0.2) is 9.78 Å². The van der Waals surface area contributed by atoms with Gasteiger partial charge in [-0.05, 0) is 24.3 Å². The third-order valence-corrected chi connectivity index (χ3v) is 2.75. The highest BCUT2D eigenvalue weighted by Crippen LogP contribution is 2.23. The van der Waals surface area contributed by atoms with Crippen molar-refractivity contribution in [3.05, 3.63) is 30.5 Å². The highest BCUT2D eigenvalue weighted by molar-refractivity contribution is 5.95. The van der Waals surface area contributed by atoms with Gasteiger partial charge in [0, 0.05) is 10.8 Å². The first-order chi connectivity index (χ1) is 8.69. The zero-order valence-electron chi connectivity index (χ0n) is 9.62. The number of carbonyl (C=O) groups excluding carboxylic acids is 1. The average Bonchev–Trinajstić information content (AvgIpc) is 2.78. The van der Waals surface area contributed by atoms with Gasteiger partial charge in [-0.1, -0.05) is 0 Å². The van der Waals surface area contributed by atoms with Crippen LogP contribution in [-0.4, -0.2) is 27.9 Å². The predicted octanol–water partition coefficient (Wildman–Crippen LogP) is 1.52. The van der Waals surface area contributed by atoms with Crippen molar-refractivity contribution in [3.63, 3.8) is 0 Å². The van der Waals surface area contributed by atoms with Crippen LogP contribution in [0.25, 0.3) is 21.9 Å². The van der Waals surface area contributed by atoms with Crippen LogP contribution in [0.1, 0.15) is 0 Å². The lowest BCUT2D eigenvalue weighted by Gasteiger charge is -2.02. The second-order valence-corrected chi connectivity index (χ2v) is 3.85. The van der Waals surface area contributed by atoms with Gasteiger partial charge in [-0.3, -0.25) is 0 Å². The molecule has 0 radical (unpaired) electrons. The molecule has 0 aliphatic rings. The summed E-state index contributed by atoms with van der Waals surface area (Å²) in [5.41, 5.74) is 6.43. The molecule has 2 aromatic heterocycles. The highest BCUT2D eigenvalue weighted by Gasteiger charge is 2.10. The number of primary amides is 1. The summed E-state index contributed by atoms with van der Waals surface area (Å²) in [5.74, 6) is 0.756. The summed E-state index contributed by atoms with van der Waals surface area (Å²) in [6.07, 6.45) is 1.56. The van der Waals surface area contributed by atoms with Crippen LogP contribution in [0.2, 0.25) is 0 Å². The first kappa shape index (κ1) is 10.5. The number of amides is 1. The van der Waals surface area contributed by atoms with Crippen molar-refractivity contribution in [2.45, 2.75) is 0 Å². The first-order valence-electron chi connectivity index (χ1n) is 5.31. The molecule has 1 amide bonds. The van der Waals surface area contributed by atoms with E-state index in [1.165, 1.54) is 0 Å². The van der Waals surface area contributed by atoms with E-state index in [4.69, 9.17) is 10.5 Å². The highest BCUT2D eigenvalue weighted by atomic mass is 16.5. The second-order valence-electron chi connectivity index (χ2n) is 3.85. The molecule has 6 heteroatoms. The number of pyridine rings is 1. The van der Waals surface area contributed by atoms with Gasteiger partial charge in [0.15, 0.2) is 5.65 Å². The van der Waals surface area contributed by atoms with Crippen LogP contribution in [0.3, 0.4) is 0 Å². The van der Waals surface area contributed by atoms with Gasteiger partial charge >= 0.3 is 6.03 Å². The Labute approximate surface area is 102 Å². The first-order valence-corrected chi connectivity index (χ1v) is 5.31. The fourth-order valence-corrected chi connectivity index (χ4v) is 1.89. The minimum absolute atomic E-state index is 0.458. The Hall–Kier alpha value is -2.63. The van der Waals surface area contributed by atoms with Crippen molar-refractivity contribution in [2.24, 2.45) is 5.73 Å². The van der Waals surface area contributed by atoms with Crippen LogP contribution < -0.4 is 10.5 Å². The van der Waals surface area contributed by atoms with E-state index < -0.39 is 6.03 Å². The Morgan fingerprint density at radius 2 is 2.17 bits per heavy atom. The number of fused-ring (bicyclic) bond motifs is 2. The van der Waals surface area contributed by atoms with Gasteiger partial charge in [-0.15, -0.1) is 0 Å². The standard InChI is InChI=1S/C12H10N4O2/c1-18-9-2-3-10-7(5-9)4-8-6-14-16(12(13)17)11(8)15-10/h2-6H,1H3,(H2,13,17). The molecule has 3 rings (SSSR count). The number of ether oxygens (including phenoxy) is 1. The van der Waals surface area contributed by atoms with Crippen LogP contribution in [0.4, 0.5) is 4.79 Å². The SMILES string of the molecule is COc1ccc2nc3c(cnn3C(N)=O)cc2c1. The molecule has 2 N–H and O–H groups in total. The Morgan fingerprint density at radius 1 is 1.33 bits per heavy atom. The number of hydrogen-bond donors (Lipinski definition) is 1. The maximum absolute atomic E-state index is 11.2. The van der Waals surface area contributed by atoms with Crippen molar-refractivity contribution in [2.75, 3.05) is 7.11 Å². The average molecular weight is 242 g/mol. The van der Waals surface area contributed by atoms with E-state index in [0.29, 0.717) is 5.65 Å². The van der Waals surface area contributed by atoms with Gasteiger partial charge < -0.3 is 10.5 Å². The number of rotatable bonds is 1. The zero-order valence-corrected chi connectivity index (χ0v) is 9.62. The van der Waals surface area contributed by atoms with Crippen molar-refractivity contribution in [1.29, 1.82) is 0 Å². The molecule has 6 nitrogen and oxygen atoms in total. The van der Waals surface area contributed by atoms with Crippen LogP contribution in [0.15, 0.2) is 30.5 Å². The molecular weight excluding hydrogens is 232 g/mol. The van der Waals surface area contributed by atoms with E-state index in [2.05, 4.69) is 10.1 Å². The molecule has 0 aliphatic carbocycles. The van der Waals surface area contributed by atoms with Crippen LogP contribution in [-0.2, 0) is 0 Å². The van der Waals surface area contributed by atoms with Crippen molar-refractivity contribution >= 4 is 28.0 Å². The number of nitrogens with two attached hydrogens (primary N) is 1. The molecule has 0 bridgehead atoms. The lowest BCUT2D eigenvalue weighted by atomic mass is 10.2. The molecule has 0 aliphatic heterocycles. The van der Waals surface area contributed by atoms with Gasteiger partial charge in [0.25, 0.3) is 0 Å². The second kappa shape index (κ2) is 3.69. The molecule has 18 heavy (non-hydrogen) atoms. The minimum Gasteiger partial charge on any atom is -0.497 e. The van der Waals surface area contributed by atoms with Crippen molar-refractivity contribution in [1.82, 2.24) is 14.8 Å². The smallest absolute Gasteiger partial charge is 0.341 e. The van der Waals surface area contributed by atoms with E-state index >= 15 is 0 Å². The molecule has 2 heterocycles. The number of nitrogens with zero attached hydrogens (tertiary/aromatic N) is 3. The van der Waals surface area contributed by atoms with Crippen LogP contribution in [0.5, 0.6) is 5.75 Å². The molecule has 0 saturated heterocycles. The van der Waals surface area contributed by atoms with Gasteiger partial charge in [-0.2, -0.15) is 9.78 Å². The van der Waals surface area contributed by atoms with Gasteiger partial charge in [0.2, 0.25) is 0 Å². The summed E-state index contributed by atoms with van der Waals surface area (Å²) in [5, 5.41) is 5.59. The topological polar surface area (TPSA) is 83.0 Å². The summed E-state index contributed by atoms with van der Waals surface area (Å²) in [7, 11) is 1.61. The normalized spacial score (nSPS) is 10.9. The van der Waals surface area contributed by atoms with Gasteiger partial charge in [0.1, 0.15) is 5.75 Å². The summed E-state index contributed by atoms with van der Waals surface area (Å²) < 4.78 is 6.24. The van der Waals surface area contributed by atoms with E-state index in [9.17, 15) is 4.79 Å². The monoisotopic (exact) mass is 242 g/mol. The largest absolute Gasteiger partial charge is 0.497 e. The number of hydrogen-bond acceptors (Lipinski definition) is 4. The number of aromatic nitrogens is 3. The molecule has 1 aromatic carbocycles. The molecule has 3 aromatic rings. The molecule has 90 valence electrons. The van der Waals surface area contributed by atoms with Crippen LogP contribution in [0, 0.1) is 0 Å². The quantitative estimate of drug-likeness (QED) is 0.701. The number of methoxy groups -OCH3 is 1. The van der Waals surface area contributed by atoms with Crippen molar-refractivity contribution < 1.29 is 9.53 Å². The fourth-order valence-electron chi connectivity index (χ4n) is 1.89. The van der Waals surface area contributed by atoms with E-state index in [1.807, 2.05) is 24.3 Å². The Balaban J connectivity index is 2.34. The molecule has 0 atom stereocenters. The minimum atomic E-state index is -0.648. The zero-order chi connectivity index (χ0) is 12.7. The Morgan fingerprint density at radius 3 is 2.89 bits per heavy atom. The van der Waals surface area contributed by atoms with E-state index in [0.717, 1.165) is 26.7 Å². The molecular formula is C12H10N4O2. The lowest BCUT2D eigenvalue weighted by Crippen LogP contribution is -2.20. The maximum atomic E-state index is 11.2. The van der Waals surface area contributed by atoms with Crippen LogP contribution >= 0.6 is 0 Å². The Bertz CT molecular complexity index is 763. The number of benzene rings is 1. The fraction of sp³-hybridized carbons (Fsp3) is 0.0833. The molecule has 0 unspecified atom stereocenters. The summed E-state index contributed by atoms with van der Waals surface area (Å²) in [6.45, 7) is 0. The molecule has 0 fully saturated rings. The maximum Gasteiger partial charge on any atom is 0.341 e.